The normalized spacial score (nSPS) is 18.5. The average molecular weight is 474 g/mol. The molecule has 0 aliphatic carbocycles. The van der Waals surface area contributed by atoms with Gasteiger partial charge in [-0.15, -0.1) is 24.0 Å². The molecule has 1 aliphatic heterocycles. The summed E-state index contributed by atoms with van der Waals surface area (Å²) in [5.41, 5.74) is 2.50. The minimum Gasteiger partial charge on any atom is -0.374 e. The number of rotatable bonds is 7. The smallest absolute Gasteiger partial charge is 0.191 e. The third kappa shape index (κ3) is 8.68. The summed E-state index contributed by atoms with van der Waals surface area (Å²) in [4.78, 5) is 7.19. The number of ether oxygens (including phenoxy) is 1. The van der Waals surface area contributed by atoms with Crippen LogP contribution >= 0.6 is 24.0 Å². The van der Waals surface area contributed by atoms with Crippen LogP contribution < -0.4 is 10.6 Å². The van der Waals surface area contributed by atoms with Crippen LogP contribution in [0.4, 0.5) is 0 Å². The zero-order chi connectivity index (χ0) is 18.1. The average Bonchev–Trinajstić information content (AvgIpc) is 2.58. The number of morpholine rings is 1. The predicted octanol–water partition coefficient (Wildman–Crippen LogP) is 3.02. The molecule has 0 spiro atoms. The van der Waals surface area contributed by atoms with Crippen LogP contribution in [0.15, 0.2) is 29.3 Å². The van der Waals surface area contributed by atoms with Crippen LogP contribution in [0.5, 0.6) is 0 Å². The number of guanidine groups is 1. The van der Waals surface area contributed by atoms with E-state index in [-0.39, 0.29) is 30.1 Å². The lowest BCUT2D eigenvalue weighted by Gasteiger charge is -2.34. The third-order valence-corrected chi connectivity index (χ3v) is 4.23. The van der Waals surface area contributed by atoms with Gasteiger partial charge in [0, 0.05) is 32.7 Å². The highest BCUT2D eigenvalue weighted by molar-refractivity contribution is 14.0. The molecule has 148 valence electrons. The molecule has 0 aromatic heterocycles. The molecule has 0 amide bonds. The zero-order valence-corrected chi connectivity index (χ0v) is 19.0. The van der Waals surface area contributed by atoms with Crippen LogP contribution in [0.2, 0.25) is 0 Å². The molecule has 26 heavy (non-hydrogen) atoms. The minimum atomic E-state index is 0. The van der Waals surface area contributed by atoms with E-state index in [2.05, 4.69) is 67.5 Å². The van der Waals surface area contributed by atoms with E-state index in [1.165, 1.54) is 11.1 Å². The maximum absolute atomic E-state index is 5.91. The molecule has 6 heteroatoms. The number of halogens is 1. The van der Waals surface area contributed by atoms with Crippen molar-refractivity contribution in [3.05, 3.63) is 35.4 Å². The molecular weight excluding hydrogens is 439 g/mol. The summed E-state index contributed by atoms with van der Waals surface area (Å²) in [6.45, 7) is 15.0. The molecule has 0 radical (unpaired) electrons. The highest BCUT2D eigenvalue weighted by Crippen LogP contribution is 2.08. The zero-order valence-electron chi connectivity index (χ0n) is 16.6. The first-order valence-corrected chi connectivity index (χ1v) is 9.48. The van der Waals surface area contributed by atoms with E-state index in [1.54, 1.807) is 0 Å². The monoisotopic (exact) mass is 474 g/mol. The number of hydrogen-bond donors (Lipinski definition) is 2. The van der Waals surface area contributed by atoms with Gasteiger partial charge in [-0.3, -0.25) is 4.90 Å². The summed E-state index contributed by atoms with van der Waals surface area (Å²) in [5.74, 6) is 1.55. The van der Waals surface area contributed by atoms with Gasteiger partial charge in [0.05, 0.1) is 19.3 Å². The quantitative estimate of drug-likeness (QED) is 0.363. The molecule has 1 fully saturated rings. The first-order chi connectivity index (χ1) is 12.1. The number of nitrogens with zero attached hydrogens (tertiary/aromatic N) is 2. The van der Waals surface area contributed by atoms with Crippen molar-refractivity contribution in [1.82, 2.24) is 15.5 Å². The lowest BCUT2D eigenvalue weighted by molar-refractivity contribution is -0.0284. The van der Waals surface area contributed by atoms with Gasteiger partial charge < -0.3 is 15.4 Å². The molecule has 0 saturated carbocycles. The second kappa shape index (κ2) is 12.5. The van der Waals surface area contributed by atoms with Crippen molar-refractivity contribution in [1.29, 1.82) is 0 Å². The van der Waals surface area contributed by atoms with Crippen molar-refractivity contribution < 1.29 is 4.74 Å². The fraction of sp³-hybridized carbons (Fsp3) is 0.650. The Morgan fingerprint density at radius 1 is 1.27 bits per heavy atom. The fourth-order valence-corrected chi connectivity index (χ4v) is 3.00. The molecule has 2 rings (SSSR count). The van der Waals surface area contributed by atoms with Crippen molar-refractivity contribution in [2.45, 2.75) is 40.3 Å². The van der Waals surface area contributed by atoms with E-state index >= 15 is 0 Å². The molecular formula is C20H35IN4O. The van der Waals surface area contributed by atoms with Crippen molar-refractivity contribution in [3.8, 4) is 0 Å². The summed E-state index contributed by atoms with van der Waals surface area (Å²) >= 11 is 0. The summed E-state index contributed by atoms with van der Waals surface area (Å²) in [5, 5.41) is 6.75. The Labute approximate surface area is 176 Å². The van der Waals surface area contributed by atoms with E-state index in [9.17, 15) is 0 Å². The predicted molar refractivity (Wildman–Crippen MR) is 120 cm³/mol. The Balaban J connectivity index is 0.00000338. The van der Waals surface area contributed by atoms with Crippen LogP contribution in [0.3, 0.4) is 0 Å². The molecule has 1 atom stereocenters. The number of benzene rings is 1. The largest absolute Gasteiger partial charge is 0.374 e. The standard InChI is InChI=1S/C20H34N4O.HI/c1-5-21-20(22-12-18-8-6-17(4)7-9-18)23-13-19-15-24(10-11-25-19)14-16(2)3;/h6-9,16,19H,5,10-15H2,1-4H3,(H2,21,22,23);1H. The first-order valence-electron chi connectivity index (χ1n) is 9.48. The Kier molecular flexibility index (Phi) is 11.2. The topological polar surface area (TPSA) is 48.9 Å². The van der Waals surface area contributed by atoms with E-state index < -0.39 is 0 Å². The van der Waals surface area contributed by atoms with Gasteiger partial charge in [0.15, 0.2) is 5.96 Å². The number of aliphatic imine (C=N–C) groups is 1. The summed E-state index contributed by atoms with van der Waals surface area (Å²) in [7, 11) is 0. The maximum Gasteiger partial charge on any atom is 0.191 e. The molecule has 1 aliphatic rings. The lowest BCUT2D eigenvalue weighted by Crippen LogP contribution is -2.50. The molecule has 2 N–H and O–H groups in total. The third-order valence-electron chi connectivity index (χ3n) is 4.23. The lowest BCUT2D eigenvalue weighted by atomic mass is 10.1. The van der Waals surface area contributed by atoms with Crippen LogP contribution in [0.25, 0.3) is 0 Å². The van der Waals surface area contributed by atoms with Gasteiger partial charge in [-0.2, -0.15) is 0 Å². The minimum absolute atomic E-state index is 0. The van der Waals surface area contributed by atoms with Crippen LogP contribution in [-0.4, -0.2) is 56.3 Å². The van der Waals surface area contributed by atoms with Gasteiger partial charge >= 0.3 is 0 Å². The van der Waals surface area contributed by atoms with E-state index in [0.29, 0.717) is 12.5 Å². The van der Waals surface area contributed by atoms with Crippen LogP contribution in [-0.2, 0) is 11.3 Å². The van der Waals surface area contributed by atoms with Gasteiger partial charge in [0.1, 0.15) is 0 Å². The van der Waals surface area contributed by atoms with Gasteiger partial charge in [-0.05, 0) is 25.3 Å². The van der Waals surface area contributed by atoms with E-state index in [4.69, 9.17) is 9.73 Å². The Morgan fingerprint density at radius 3 is 2.65 bits per heavy atom. The van der Waals surface area contributed by atoms with E-state index in [1.807, 2.05) is 0 Å². The summed E-state index contributed by atoms with van der Waals surface area (Å²) in [6, 6.07) is 8.53. The number of nitrogens with one attached hydrogen (secondary N) is 2. The molecule has 5 nitrogen and oxygen atoms in total. The Morgan fingerprint density at radius 2 is 2.00 bits per heavy atom. The van der Waals surface area contributed by atoms with Gasteiger partial charge in [0.2, 0.25) is 0 Å². The highest BCUT2D eigenvalue weighted by Gasteiger charge is 2.21. The first kappa shape index (κ1) is 23.2. The van der Waals surface area contributed by atoms with Crippen molar-refractivity contribution >= 4 is 29.9 Å². The number of hydrogen-bond acceptors (Lipinski definition) is 3. The Bertz CT molecular complexity index is 533. The van der Waals surface area contributed by atoms with E-state index in [0.717, 1.165) is 45.3 Å². The summed E-state index contributed by atoms with van der Waals surface area (Å²) in [6.07, 6.45) is 0.218. The van der Waals surface area contributed by atoms with Crippen LogP contribution in [0, 0.1) is 12.8 Å². The molecule has 1 aromatic rings. The fourth-order valence-electron chi connectivity index (χ4n) is 3.00. The maximum atomic E-state index is 5.91. The van der Waals surface area contributed by atoms with Gasteiger partial charge in [0.25, 0.3) is 0 Å². The second-order valence-electron chi connectivity index (χ2n) is 7.21. The molecule has 1 unspecified atom stereocenters. The number of aryl methyl sites for hydroxylation is 1. The molecule has 1 heterocycles. The second-order valence-corrected chi connectivity index (χ2v) is 7.21. The highest BCUT2D eigenvalue weighted by atomic mass is 127. The van der Waals surface area contributed by atoms with Crippen molar-refractivity contribution in [2.24, 2.45) is 10.9 Å². The SMILES string of the molecule is CCNC(=NCc1ccc(C)cc1)NCC1CN(CC(C)C)CCO1.I. The molecule has 0 bridgehead atoms. The van der Waals surface area contributed by atoms with Gasteiger partial charge in [-0.1, -0.05) is 43.7 Å². The van der Waals surface area contributed by atoms with Crippen molar-refractivity contribution in [2.75, 3.05) is 39.3 Å². The Hall–Kier alpha value is -0.860. The van der Waals surface area contributed by atoms with Crippen molar-refractivity contribution in [3.63, 3.8) is 0 Å². The van der Waals surface area contributed by atoms with Gasteiger partial charge in [-0.25, -0.2) is 4.99 Å². The summed E-state index contributed by atoms with van der Waals surface area (Å²) < 4.78 is 5.91. The van der Waals surface area contributed by atoms with Crippen LogP contribution in [0.1, 0.15) is 31.9 Å². The molecule has 1 saturated heterocycles. The molecule has 1 aromatic carbocycles.